The number of fused-ring (bicyclic) bond motifs is 1. The fraction of sp³-hybridized carbons (Fsp3) is 0.133. The molecular weight excluding hydrogens is 292 g/mol. The van der Waals surface area contributed by atoms with Gasteiger partial charge in [-0.15, -0.1) is 0 Å². The summed E-state index contributed by atoms with van der Waals surface area (Å²) in [4.78, 5) is 12.2. The van der Waals surface area contributed by atoms with E-state index in [2.05, 4.69) is 5.32 Å². The van der Waals surface area contributed by atoms with E-state index in [9.17, 15) is 4.79 Å². The Morgan fingerprint density at radius 3 is 2.67 bits per heavy atom. The normalized spacial score (nSPS) is 12.3. The number of anilines is 2. The molecule has 1 heterocycles. The molecule has 0 spiro atoms. The van der Waals surface area contributed by atoms with Crippen LogP contribution in [-0.4, -0.2) is 12.7 Å². The Hall–Kier alpha value is -2.40. The summed E-state index contributed by atoms with van der Waals surface area (Å²) >= 11 is 6.12. The molecule has 1 amide bonds. The van der Waals surface area contributed by atoms with Gasteiger partial charge in [-0.05, 0) is 24.6 Å². The van der Waals surface area contributed by atoms with E-state index < -0.39 is 0 Å². The second-order valence-electron chi connectivity index (χ2n) is 4.71. The van der Waals surface area contributed by atoms with Crippen LogP contribution in [0, 0.1) is 6.92 Å². The van der Waals surface area contributed by atoms with Crippen LogP contribution in [0.4, 0.5) is 11.4 Å². The Kier molecular flexibility index (Phi) is 3.35. The zero-order valence-corrected chi connectivity index (χ0v) is 12.0. The van der Waals surface area contributed by atoms with Crippen LogP contribution in [0.15, 0.2) is 30.3 Å². The number of nitrogens with one attached hydrogen (secondary N) is 1. The smallest absolute Gasteiger partial charge is 0.255 e. The van der Waals surface area contributed by atoms with E-state index in [4.69, 9.17) is 26.8 Å². The van der Waals surface area contributed by atoms with Gasteiger partial charge in [-0.25, -0.2) is 0 Å². The standard InChI is InChI=1S/C15H13ClN2O3/c1-8-2-3-9(4-11(8)17)15(19)18-12-6-14-13(5-10(12)16)20-7-21-14/h2-6H,7,17H2,1H3,(H,18,19). The Morgan fingerprint density at radius 1 is 1.24 bits per heavy atom. The van der Waals surface area contributed by atoms with Gasteiger partial charge >= 0.3 is 0 Å². The second kappa shape index (κ2) is 5.18. The zero-order chi connectivity index (χ0) is 15.0. The molecule has 5 nitrogen and oxygen atoms in total. The number of carbonyl (C=O) groups excluding carboxylic acids is 1. The number of ether oxygens (including phenoxy) is 2. The van der Waals surface area contributed by atoms with Crippen LogP contribution in [0.2, 0.25) is 5.02 Å². The molecule has 6 heteroatoms. The SMILES string of the molecule is Cc1ccc(C(=O)Nc2cc3c(cc2Cl)OCO3)cc1N. The van der Waals surface area contributed by atoms with Crippen LogP contribution in [-0.2, 0) is 0 Å². The molecule has 21 heavy (non-hydrogen) atoms. The summed E-state index contributed by atoms with van der Waals surface area (Å²) in [5, 5.41) is 3.12. The maximum Gasteiger partial charge on any atom is 0.255 e. The van der Waals surface area contributed by atoms with E-state index in [0.29, 0.717) is 33.5 Å². The van der Waals surface area contributed by atoms with Crippen LogP contribution >= 0.6 is 11.6 Å². The summed E-state index contributed by atoms with van der Waals surface area (Å²) in [6, 6.07) is 8.39. The van der Waals surface area contributed by atoms with Crippen molar-refractivity contribution in [1.82, 2.24) is 0 Å². The highest BCUT2D eigenvalue weighted by Gasteiger charge is 2.18. The Bertz CT molecular complexity index is 731. The molecule has 0 bridgehead atoms. The number of hydrogen-bond donors (Lipinski definition) is 2. The third-order valence-corrected chi connectivity index (χ3v) is 3.56. The molecule has 2 aromatic carbocycles. The lowest BCUT2D eigenvalue weighted by Gasteiger charge is -2.09. The van der Waals surface area contributed by atoms with Crippen molar-refractivity contribution < 1.29 is 14.3 Å². The lowest BCUT2D eigenvalue weighted by molar-refractivity contribution is 0.102. The van der Waals surface area contributed by atoms with Gasteiger partial charge in [-0.3, -0.25) is 4.79 Å². The van der Waals surface area contributed by atoms with Crippen molar-refractivity contribution in [3.05, 3.63) is 46.5 Å². The molecular formula is C15H13ClN2O3. The van der Waals surface area contributed by atoms with Gasteiger partial charge < -0.3 is 20.5 Å². The minimum absolute atomic E-state index is 0.150. The summed E-state index contributed by atoms with van der Waals surface area (Å²) in [5.41, 5.74) is 8.23. The molecule has 0 atom stereocenters. The van der Waals surface area contributed by atoms with Gasteiger partial charge in [0.25, 0.3) is 5.91 Å². The first kappa shape index (κ1) is 13.6. The minimum atomic E-state index is -0.289. The van der Waals surface area contributed by atoms with E-state index in [1.165, 1.54) is 0 Å². The predicted octanol–water partition coefficient (Wildman–Crippen LogP) is 3.21. The van der Waals surface area contributed by atoms with Crippen molar-refractivity contribution in [1.29, 1.82) is 0 Å². The molecule has 1 aliphatic rings. The lowest BCUT2D eigenvalue weighted by Crippen LogP contribution is -2.12. The Labute approximate surface area is 126 Å². The largest absolute Gasteiger partial charge is 0.454 e. The van der Waals surface area contributed by atoms with Gasteiger partial charge in [0, 0.05) is 23.4 Å². The fourth-order valence-corrected chi connectivity index (χ4v) is 2.19. The number of carbonyl (C=O) groups is 1. The van der Waals surface area contributed by atoms with Crippen LogP contribution in [0.3, 0.4) is 0 Å². The number of halogens is 1. The third kappa shape index (κ3) is 2.60. The number of nitrogens with two attached hydrogens (primary N) is 1. The first-order valence-corrected chi connectivity index (χ1v) is 6.69. The van der Waals surface area contributed by atoms with Crippen molar-refractivity contribution in [2.24, 2.45) is 0 Å². The Morgan fingerprint density at radius 2 is 1.95 bits per heavy atom. The summed E-state index contributed by atoms with van der Waals surface area (Å²) in [7, 11) is 0. The van der Waals surface area contributed by atoms with E-state index >= 15 is 0 Å². The molecule has 2 aromatic rings. The Balaban J connectivity index is 1.86. The predicted molar refractivity (Wildman–Crippen MR) is 81.1 cm³/mol. The highest BCUT2D eigenvalue weighted by molar-refractivity contribution is 6.34. The van der Waals surface area contributed by atoms with Gasteiger partial charge in [-0.2, -0.15) is 0 Å². The molecule has 3 rings (SSSR count). The third-order valence-electron chi connectivity index (χ3n) is 3.25. The molecule has 0 unspecified atom stereocenters. The molecule has 0 aliphatic carbocycles. The summed E-state index contributed by atoms with van der Waals surface area (Å²) in [6.07, 6.45) is 0. The summed E-state index contributed by atoms with van der Waals surface area (Å²) in [5.74, 6) is 0.832. The van der Waals surface area contributed by atoms with E-state index in [-0.39, 0.29) is 12.7 Å². The van der Waals surface area contributed by atoms with E-state index in [1.54, 1.807) is 30.3 Å². The second-order valence-corrected chi connectivity index (χ2v) is 5.12. The van der Waals surface area contributed by atoms with Crippen molar-refractivity contribution in [3.8, 4) is 11.5 Å². The maximum atomic E-state index is 12.2. The van der Waals surface area contributed by atoms with Gasteiger partial charge in [0.2, 0.25) is 6.79 Å². The number of rotatable bonds is 2. The summed E-state index contributed by atoms with van der Waals surface area (Å²) < 4.78 is 10.5. The highest BCUT2D eigenvalue weighted by Crippen LogP contribution is 2.39. The van der Waals surface area contributed by atoms with Crippen LogP contribution in [0.1, 0.15) is 15.9 Å². The average molecular weight is 305 g/mol. The number of amides is 1. The quantitative estimate of drug-likeness (QED) is 0.836. The van der Waals surface area contributed by atoms with Crippen molar-refractivity contribution in [2.75, 3.05) is 17.8 Å². The molecule has 0 fully saturated rings. The van der Waals surface area contributed by atoms with Crippen molar-refractivity contribution >= 4 is 28.9 Å². The topological polar surface area (TPSA) is 73.6 Å². The number of aryl methyl sites for hydroxylation is 1. The first-order valence-electron chi connectivity index (χ1n) is 6.31. The molecule has 108 valence electrons. The molecule has 3 N–H and O–H groups in total. The molecule has 0 saturated carbocycles. The van der Waals surface area contributed by atoms with Gasteiger partial charge in [-0.1, -0.05) is 17.7 Å². The molecule has 0 saturated heterocycles. The summed E-state index contributed by atoms with van der Waals surface area (Å²) in [6.45, 7) is 2.03. The monoisotopic (exact) mass is 304 g/mol. The van der Waals surface area contributed by atoms with E-state index in [1.807, 2.05) is 6.92 Å². The molecule has 0 aromatic heterocycles. The van der Waals surface area contributed by atoms with Crippen molar-refractivity contribution in [2.45, 2.75) is 6.92 Å². The molecule has 0 radical (unpaired) electrons. The average Bonchev–Trinajstić information content (AvgIpc) is 2.89. The fourth-order valence-electron chi connectivity index (χ4n) is 1.99. The number of benzene rings is 2. The molecule has 1 aliphatic heterocycles. The number of nitrogen functional groups attached to an aromatic ring is 1. The van der Waals surface area contributed by atoms with Crippen molar-refractivity contribution in [3.63, 3.8) is 0 Å². The van der Waals surface area contributed by atoms with Gasteiger partial charge in [0.1, 0.15) is 0 Å². The van der Waals surface area contributed by atoms with Crippen LogP contribution in [0.25, 0.3) is 0 Å². The highest BCUT2D eigenvalue weighted by atomic mass is 35.5. The minimum Gasteiger partial charge on any atom is -0.454 e. The van der Waals surface area contributed by atoms with Crippen LogP contribution in [0.5, 0.6) is 11.5 Å². The van der Waals surface area contributed by atoms with Gasteiger partial charge in [0.05, 0.1) is 10.7 Å². The van der Waals surface area contributed by atoms with E-state index in [0.717, 1.165) is 5.56 Å². The first-order chi connectivity index (χ1) is 10.0. The zero-order valence-electron chi connectivity index (χ0n) is 11.3. The number of hydrogen-bond acceptors (Lipinski definition) is 4. The maximum absolute atomic E-state index is 12.2. The van der Waals surface area contributed by atoms with Gasteiger partial charge in [0.15, 0.2) is 11.5 Å². The lowest BCUT2D eigenvalue weighted by atomic mass is 10.1. The van der Waals surface area contributed by atoms with Crippen LogP contribution < -0.4 is 20.5 Å².